The van der Waals surface area contributed by atoms with Gasteiger partial charge in [-0.15, -0.1) is 11.8 Å². The quantitative estimate of drug-likeness (QED) is 0.174. The number of ether oxygens (including phenoxy) is 1. The molecule has 0 bridgehead atoms. The van der Waals surface area contributed by atoms with Crippen molar-refractivity contribution in [2.75, 3.05) is 30.9 Å². The average Bonchev–Trinajstić information content (AvgIpc) is 2.95. The lowest BCUT2D eigenvalue weighted by Gasteiger charge is -2.54. The number of esters is 1. The highest BCUT2D eigenvalue weighted by molar-refractivity contribution is 8.00. The van der Waals surface area contributed by atoms with Crippen LogP contribution in [0.5, 0.6) is 0 Å². The second-order valence-electron chi connectivity index (χ2n) is 9.07. The van der Waals surface area contributed by atoms with Gasteiger partial charge >= 0.3 is 5.97 Å². The van der Waals surface area contributed by atoms with Gasteiger partial charge in [-0.1, -0.05) is 30.3 Å². The lowest BCUT2D eigenvalue weighted by atomic mass is 9.89. The number of nitro benzene ring substituents is 1. The van der Waals surface area contributed by atoms with Crippen molar-refractivity contribution in [1.29, 1.82) is 0 Å². The van der Waals surface area contributed by atoms with Crippen molar-refractivity contribution < 1.29 is 29.2 Å². The van der Waals surface area contributed by atoms with Crippen LogP contribution in [-0.2, 0) is 25.7 Å². The maximum atomic E-state index is 13.2. The number of non-ortho nitro benzene ring substituents is 1. The number of aliphatic hydroxyl groups excluding tert-OH is 1. The topological polar surface area (TPSA) is 165 Å². The molecule has 0 aliphatic carbocycles. The zero-order chi connectivity index (χ0) is 28.6. The average molecular weight is 577 g/mol. The first kappa shape index (κ1) is 30.4. The van der Waals surface area contributed by atoms with E-state index in [1.807, 2.05) is 12.3 Å². The summed E-state index contributed by atoms with van der Waals surface area (Å²) >= 11 is 2.93. The highest BCUT2D eigenvalue weighted by atomic mass is 32.2. The van der Waals surface area contributed by atoms with Crippen LogP contribution in [0.1, 0.15) is 24.1 Å². The van der Waals surface area contributed by atoms with Gasteiger partial charge in [0.05, 0.1) is 4.92 Å². The molecule has 0 aromatic heterocycles. The Morgan fingerprint density at radius 1 is 1.28 bits per heavy atom. The van der Waals surface area contributed by atoms with Crippen molar-refractivity contribution in [3.05, 3.63) is 75.8 Å². The smallest absolute Gasteiger partial charge is 0.315 e. The van der Waals surface area contributed by atoms with Crippen LogP contribution in [-0.4, -0.2) is 75.0 Å². The fourth-order valence-corrected chi connectivity index (χ4v) is 6.77. The highest BCUT2D eigenvalue weighted by Gasteiger charge is 2.57. The molecule has 39 heavy (non-hydrogen) atoms. The zero-order valence-corrected chi connectivity index (χ0v) is 23.3. The van der Waals surface area contributed by atoms with Gasteiger partial charge in [-0.3, -0.25) is 24.5 Å². The number of benzene rings is 2. The number of nitrogens with zero attached hydrogens (tertiary/aromatic N) is 2. The van der Waals surface area contributed by atoms with Crippen LogP contribution in [0.4, 0.5) is 5.69 Å². The molecule has 4 N–H and O–H groups in total. The Hall–Kier alpha value is -3.13. The Balaban J connectivity index is 0.00000134. The number of nitro groups is 1. The Bertz CT molecular complexity index is 1170. The molecule has 0 radical (unpaired) electrons. The maximum Gasteiger partial charge on any atom is 0.315 e. The van der Waals surface area contributed by atoms with E-state index >= 15 is 0 Å². The number of hydrogen-bond donors (Lipinski definition) is 3. The van der Waals surface area contributed by atoms with E-state index in [-0.39, 0.29) is 36.7 Å². The fraction of sp³-hybridized carbons (Fsp3) is 0.423. The fourth-order valence-electron chi connectivity index (χ4n) is 4.24. The molecule has 11 nitrogen and oxygen atoms in total. The van der Waals surface area contributed by atoms with Gasteiger partial charge < -0.3 is 25.8 Å². The van der Waals surface area contributed by atoms with Gasteiger partial charge in [-0.2, -0.15) is 11.8 Å². The third-order valence-electron chi connectivity index (χ3n) is 6.25. The van der Waals surface area contributed by atoms with Gasteiger partial charge in [0.15, 0.2) is 0 Å². The molecule has 210 valence electrons. The molecule has 2 aliphatic heterocycles. The molecule has 3 unspecified atom stereocenters. The van der Waals surface area contributed by atoms with Gasteiger partial charge in [0.1, 0.15) is 29.5 Å². The van der Waals surface area contributed by atoms with Crippen molar-refractivity contribution >= 4 is 47.0 Å². The van der Waals surface area contributed by atoms with Gasteiger partial charge in [-0.25, -0.2) is 0 Å². The number of nitrogens with one attached hydrogen (secondary N) is 1. The predicted octanol–water partition coefficient (Wildman–Crippen LogP) is 2.09. The molecule has 4 rings (SSSR count). The van der Waals surface area contributed by atoms with Crippen molar-refractivity contribution in [3.8, 4) is 0 Å². The van der Waals surface area contributed by atoms with Crippen LogP contribution in [0.3, 0.4) is 0 Å². The molecular formula is C26H32N4O7S2. The first-order valence-corrected chi connectivity index (χ1v) is 14.6. The third-order valence-corrected chi connectivity index (χ3v) is 8.68. The largest absolute Gasteiger partial charge is 0.460 e. The molecule has 2 aromatic rings. The summed E-state index contributed by atoms with van der Waals surface area (Å²) in [5.41, 5.74) is 6.42. The summed E-state index contributed by atoms with van der Waals surface area (Å²) in [5.74, 6) is -0.213. The van der Waals surface area contributed by atoms with E-state index in [0.29, 0.717) is 22.6 Å². The summed E-state index contributed by atoms with van der Waals surface area (Å²) in [6.07, 6.45) is 1.88. The number of thioether (sulfide) groups is 2. The number of nitrogens with two attached hydrogens (primary N) is 1. The van der Waals surface area contributed by atoms with Gasteiger partial charge in [0.2, 0.25) is 11.8 Å². The third kappa shape index (κ3) is 7.10. The molecule has 2 amide bonds. The minimum atomic E-state index is -0.896. The molecule has 2 heterocycles. The number of amides is 2. The van der Waals surface area contributed by atoms with E-state index in [4.69, 9.17) is 15.6 Å². The van der Waals surface area contributed by atoms with Crippen LogP contribution >= 0.6 is 23.5 Å². The molecule has 0 spiro atoms. The second-order valence-corrected chi connectivity index (χ2v) is 11.0. The number of carbonyl (C=O) groups is 3. The molecule has 0 saturated carbocycles. The van der Waals surface area contributed by atoms with Crippen LogP contribution in [0.15, 0.2) is 54.6 Å². The highest BCUT2D eigenvalue weighted by Crippen LogP contribution is 2.44. The Labute approximate surface area is 235 Å². The lowest BCUT2D eigenvalue weighted by molar-refractivity contribution is -0.384. The Morgan fingerprint density at radius 3 is 2.51 bits per heavy atom. The summed E-state index contributed by atoms with van der Waals surface area (Å²) in [6, 6.07) is 13.2. The Kier molecular flexibility index (Phi) is 10.7. The Morgan fingerprint density at radius 2 is 1.92 bits per heavy atom. The number of rotatable bonds is 9. The zero-order valence-electron chi connectivity index (χ0n) is 21.6. The van der Waals surface area contributed by atoms with Crippen molar-refractivity contribution in [2.24, 2.45) is 11.1 Å². The SMILES string of the molecule is CCO.CSCC1(C(=O)OCc2ccc([N+](=O)[O-])cc2)CS[C@@H]2C(NC(=O)C(N)c3ccccc3)C(=O)N2C1. The van der Waals surface area contributed by atoms with Crippen molar-refractivity contribution in [1.82, 2.24) is 10.2 Å². The maximum absolute atomic E-state index is 13.2. The summed E-state index contributed by atoms with van der Waals surface area (Å²) in [6.45, 7) is 2.10. The van der Waals surface area contributed by atoms with Crippen LogP contribution in [0, 0.1) is 15.5 Å². The summed E-state index contributed by atoms with van der Waals surface area (Å²) in [7, 11) is 0. The van der Waals surface area contributed by atoms with E-state index in [1.54, 1.807) is 48.2 Å². The standard InChI is InChI=1S/C24H26N4O6S2.C2H6O/c1-35-13-24(23(31)34-11-15-7-9-17(10-8-15)28(32)33)12-27-21(30)19(22(27)36-14-24)26-20(29)18(25)16-5-3-2-4-6-16;1-2-3/h2-10,18-19,22H,11-14,25H2,1H3,(H,26,29);3H,2H2,1H3/t18?,19?,22-,24?;/m1./s1. The molecule has 2 fully saturated rings. The second kappa shape index (κ2) is 13.8. The van der Waals surface area contributed by atoms with Crippen molar-refractivity contribution in [3.63, 3.8) is 0 Å². The van der Waals surface area contributed by atoms with Crippen LogP contribution < -0.4 is 11.1 Å². The number of hydrogen-bond acceptors (Lipinski definition) is 10. The number of fused-ring (bicyclic) bond motifs is 1. The first-order valence-electron chi connectivity index (χ1n) is 12.2. The molecule has 2 aliphatic rings. The summed E-state index contributed by atoms with van der Waals surface area (Å²) in [4.78, 5) is 50.7. The monoisotopic (exact) mass is 576 g/mol. The number of carbonyl (C=O) groups excluding carboxylic acids is 3. The van der Waals surface area contributed by atoms with Gasteiger partial charge in [-0.05, 0) is 36.4 Å². The number of aliphatic hydroxyl groups is 1. The van der Waals surface area contributed by atoms with Crippen LogP contribution in [0.2, 0.25) is 0 Å². The molecule has 13 heteroatoms. The minimum Gasteiger partial charge on any atom is -0.460 e. The van der Waals surface area contributed by atoms with Crippen LogP contribution in [0.25, 0.3) is 0 Å². The van der Waals surface area contributed by atoms with E-state index in [2.05, 4.69) is 5.32 Å². The van der Waals surface area contributed by atoms with E-state index in [9.17, 15) is 24.5 Å². The van der Waals surface area contributed by atoms with Gasteiger partial charge in [0, 0.05) is 36.8 Å². The molecule has 4 atom stereocenters. The molecule has 2 saturated heterocycles. The molecular weight excluding hydrogens is 544 g/mol. The normalized spacial score (nSPS) is 22.4. The number of β-lactam (4-membered cyclic amide) rings is 1. The molecule has 2 aromatic carbocycles. The summed E-state index contributed by atoms with van der Waals surface area (Å²) in [5, 5.41) is 20.9. The summed E-state index contributed by atoms with van der Waals surface area (Å²) < 4.78 is 5.58. The van der Waals surface area contributed by atoms with Crippen molar-refractivity contribution in [2.45, 2.75) is 31.0 Å². The van der Waals surface area contributed by atoms with E-state index in [0.717, 1.165) is 0 Å². The van der Waals surface area contributed by atoms with E-state index in [1.165, 1.54) is 35.7 Å². The van der Waals surface area contributed by atoms with E-state index < -0.39 is 34.3 Å². The van der Waals surface area contributed by atoms with Gasteiger partial charge in [0.25, 0.3) is 5.69 Å². The lowest BCUT2D eigenvalue weighted by Crippen LogP contribution is -2.74. The first-order chi connectivity index (χ1) is 18.7. The predicted molar refractivity (Wildman–Crippen MR) is 150 cm³/mol. The minimum absolute atomic E-state index is 0.0228.